The van der Waals surface area contributed by atoms with E-state index in [4.69, 9.17) is 5.73 Å². The standard InChI is InChI=1S/C14H19N5O/c1-11(15)12-2-4-13(5-3-12)18-14(20)17-7-9-19-8-6-16-10-19/h2-6,8,10-11H,7,9,15H2,1H3,(H2,17,18,20). The maximum absolute atomic E-state index is 11.7. The second kappa shape index (κ2) is 6.72. The molecule has 2 aromatic rings. The van der Waals surface area contributed by atoms with Crippen LogP contribution in [-0.2, 0) is 6.54 Å². The van der Waals surface area contributed by atoms with Crippen molar-refractivity contribution in [1.29, 1.82) is 0 Å². The number of imidazole rings is 1. The number of hydrogen-bond donors (Lipinski definition) is 3. The van der Waals surface area contributed by atoms with Crippen LogP contribution >= 0.6 is 0 Å². The zero-order valence-corrected chi connectivity index (χ0v) is 11.4. The Morgan fingerprint density at radius 3 is 2.75 bits per heavy atom. The third-order valence-corrected chi connectivity index (χ3v) is 2.91. The summed E-state index contributed by atoms with van der Waals surface area (Å²) in [6.07, 6.45) is 5.28. The Bertz CT molecular complexity index is 533. The van der Waals surface area contributed by atoms with Crippen LogP contribution in [0.25, 0.3) is 0 Å². The molecule has 2 rings (SSSR count). The van der Waals surface area contributed by atoms with Crippen molar-refractivity contribution < 1.29 is 4.79 Å². The highest BCUT2D eigenvalue weighted by molar-refractivity contribution is 5.89. The van der Waals surface area contributed by atoms with E-state index in [1.165, 1.54) is 0 Å². The van der Waals surface area contributed by atoms with Gasteiger partial charge in [-0.1, -0.05) is 12.1 Å². The molecule has 4 N–H and O–H groups in total. The molecule has 2 amide bonds. The fourth-order valence-corrected chi connectivity index (χ4v) is 1.76. The van der Waals surface area contributed by atoms with Crippen LogP contribution in [0, 0.1) is 0 Å². The summed E-state index contributed by atoms with van der Waals surface area (Å²) in [5.41, 5.74) is 7.55. The van der Waals surface area contributed by atoms with E-state index in [0.29, 0.717) is 13.1 Å². The molecule has 0 spiro atoms. The first-order valence-electron chi connectivity index (χ1n) is 6.51. The monoisotopic (exact) mass is 273 g/mol. The van der Waals surface area contributed by atoms with Crippen molar-refractivity contribution in [3.8, 4) is 0 Å². The van der Waals surface area contributed by atoms with Gasteiger partial charge in [-0.25, -0.2) is 9.78 Å². The number of urea groups is 1. The molecule has 0 radical (unpaired) electrons. The highest BCUT2D eigenvalue weighted by Gasteiger charge is 2.02. The highest BCUT2D eigenvalue weighted by Crippen LogP contribution is 2.13. The van der Waals surface area contributed by atoms with Crippen molar-refractivity contribution in [1.82, 2.24) is 14.9 Å². The molecule has 0 bridgehead atoms. The van der Waals surface area contributed by atoms with Gasteiger partial charge in [0.1, 0.15) is 0 Å². The number of rotatable bonds is 5. The largest absolute Gasteiger partial charge is 0.336 e. The summed E-state index contributed by atoms with van der Waals surface area (Å²) in [7, 11) is 0. The van der Waals surface area contributed by atoms with Crippen LogP contribution in [0.15, 0.2) is 43.0 Å². The van der Waals surface area contributed by atoms with Gasteiger partial charge in [-0.15, -0.1) is 0 Å². The Morgan fingerprint density at radius 2 is 2.15 bits per heavy atom. The molecule has 0 aliphatic rings. The highest BCUT2D eigenvalue weighted by atomic mass is 16.2. The van der Waals surface area contributed by atoms with E-state index in [0.717, 1.165) is 11.3 Å². The lowest BCUT2D eigenvalue weighted by Crippen LogP contribution is -2.31. The molecular formula is C14H19N5O. The number of amides is 2. The van der Waals surface area contributed by atoms with Crippen molar-refractivity contribution in [3.63, 3.8) is 0 Å². The molecular weight excluding hydrogens is 254 g/mol. The molecule has 0 saturated heterocycles. The van der Waals surface area contributed by atoms with Gasteiger partial charge in [0.05, 0.1) is 6.33 Å². The number of carbonyl (C=O) groups is 1. The lowest BCUT2D eigenvalue weighted by molar-refractivity contribution is 0.251. The van der Waals surface area contributed by atoms with E-state index in [2.05, 4.69) is 15.6 Å². The second-order valence-electron chi connectivity index (χ2n) is 4.59. The smallest absolute Gasteiger partial charge is 0.319 e. The number of nitrogens with zero attached hydrogens (tertiary/aromatic N) is 2. The first-order chi connectivity index (χ1) is 9.65. The molecule has 1 heterocycles. The predicted octanol–water partition coefficient (Wildman–Crippen LogP) is 1.72. The van der Waals surface area contributed by atoms with Crippen molar-refractivity contribution in [2.75, 3.05) is 11.9 Å². The van der Waals surface area contributed by atoms with Gasteiger partial charge in [0.15, 0.2) is 0 Å². The Balaban J connectivity index is 1.76. The Morgan fingerprint density at radius 1 is 1.40 bits per heavy atom. The number of hydrogen-bond acceptors (Lipinski definition) is 3. The van der Waals surface area contributed by atoms with Crippen molar-refractivity contribution in [2.24, 2.45) is 5.73 Å². The third kappa shape index (κ3) is 4.10. The molecule has 106 valence electrons. The van der Waals surface area contributed by atoms with Gasteiger partial charge in [-0.2, -0.15) is 0 Å². The van der Waals surface area contributed by atoms with Crippen molar-refractivity contribution in [2.45, 2.75) is 19.5 Å². The number of nitrogens with two attached hydrogens (primary N) is 1. The SMILES string of the molecule is CC(N)c1ccc(NC(=O)NCCn2ccnc2)cc1. The molecule has 1 aromatic heterocycles. The van der Waals surface area contributed by atoms with Crippen LogP contribution in [-0.4, -0.2) is 22.1 Å². The van der Waals surface area contributed by atoms with E-state index >= 15 is 0 Å². The van der Waals surface area contributed by atoms with Gasteiger partial charge in [-0.05, 0) is 24.6 Å². The summed E-state index contributed by atoms with van der Waals surface area (Å²) < 4.78 is 1.90. The van der Waals surface area contributed by atoms with Crippen LogP contribution in [0.2, 0.25) is 0 Å². The summed E-state index contributed by atoms with van der Waals surface area (Å²) in [5.74, 6) is 0. The lowest BCUT2D eigenvalue weighted by atomic mass is 10.1. The minimum atomic E-state index is -0.223. The van der Waals surface area contributed by atoms with Gasteiger partial charge in [-0.3, -0.25) is 0 Å². The second-order valence-corrected chi connectivity index (χ2v) is 4.59. The van der Waals surface area contributed by atoms with E-state index in [9.17, 15) is 4.79 Å². The summed E-state index contributed by atoms with van der Waals surface area (Å²) >= 11 is 0. The number of aromatic nitrogens is 2. The van der Waals surface area contributed by atoms with E-state index in [1.54, 1.807) is 12.5 Å². The van der Waals surface area contributed by atoms with E-state index in [-0.39, 0.29) is 12.1 Å². The molecule has 0 aliphatic carbocycles. The van der Waals surface area contributed by atoms with Crippen LogP contribution in [0.5, 0.6) is 0 Å². The van der Waals surface area contributed by atoms with E-state index < -0.39 is 0 Å². The maximum atomic E-state index is 11.7. The molecule has 1 atom stereocenters. The molecule has 0 fully saturated rings. The normalized spacial score (nSPS) is 11.9. The first-order valence-corrected chi connectivity index (χ1v) is 6.51. The molecule has 0 aliphatic heterocycles. The summed E-state index contributed by atoms with van der Waals surface area (Å²) in [5, 5.41) is 5.56. The van der Waals surface area contributed by atoms with Crippen LogP contribution in [0.1, 0.15) is 18.5 Å². The number of anilines is 1. The Kier molecular flexibility index (Phi) is 4.73. The topological polar surface area (TPSA) is 85.0 Å². The minimum Gasteiger partial charge on any atom is -0.336 e. The predicted molar refractivity (Wildman–Crippen MR) is 78.3 cm³/mol. The first kappa shape index (κ1) is 14.1. The van der Waals surface area contributed by atoms with Gasteiger partial charge in [0.25, 0.3) is 0 Å². The Hall–Kier alpha value is -2.34. The molecule has 1 unspecified atom stereocenters. The lowest BCUT2D eigenvalue weighted by Gasteiger charge is -2.10. The molecule has 6 heteroatoms. The quantitative estimate of drug-likeness (QED) is 0.775. The maximum Gasteiger partial charge on any atom is 0.319 e. The average molecular weight is 273 g/mol. The zero-order valence-electron chi connectivity index (χ0n) is 11.4. The average Bonchev–Trinajstić information content (AvgIpc) is 2.92. The van der Waals surface area contributed by atoms with Gasteiger partial charge >= 0.3 is 6.03 Å². The van der Waals surface area contributed by atoms with Crippen LogP contribution < -0.4 is 16.4 Å². The summed E-state index contributed by atoms with van der Waals surface area (Å²) in [6.45, 7) is 3.16. The molecule has 20 heavy (non-hydrogen) atoms. The number of nitrogens with one attached hydrogen (secondary N) is 2. The van der Waals surface area contributed by atoms with Gasteiger partial charge < -0.3 is 20.9 Å². The fraction of sp³-hybridized carbons (Fsp3) is 0.286. The minimum absolute atomic E-state index is 0.00643. The zero-order chi connectivity index (χ0) is 14.4. The number of benzene rings is 1. The summed E-state index contributed by atoms with van der Waals surface area (Å²) in [6, 6.07) is 7.27. The van der Waals surface area contributed by atoms with Gasteiger partial charge in [0.2, 0.25) is 0 Å². The van der Waals surface area contributed by atoms with Crippen LogP contribution in [0.4, 0.5) is 10.5 Å². The molecule has 1 aromatic carbocycles. The molecule has 6 nitrogen and oxygen atoms in total. The molecule has 0 saturated carbocycles. The van der Waals surface area contributed by atoms with Crippen molar-refractivity contribution >= 4 is 11.7 Å². The summed E-state index contributed by atoms with van der Waals surface area (Å²) in [4.78, 5) is 15.6. The third-order valence-electron chi connectivity index (χ3n) is 2.91. The van der Waals surface area contributed by atoms with Crippen LogP contribution in [0.3, 0.4) is 0 Å². The van der Waals surface area contributed by atoms with E-state index in [1.807, 2.05) is 42.0 Å². The number of carbonyl (C=O) groups excluding carboxylic acids is 1. The fourth-order valence-electron chi connectivity index (χ4n) is 1.76. The van der Waals surface area contributed by atoms with Gasteiger partial charge in [0, 0.05) is 37.2 Å². The van der Waals surface area contributed by atoms with Crippen molar-refractivity contribution in [3.05, 3.63) is 48.5 Å². The Labute approximate surface area is 118 Å².